The Morgan fingerprint density at radius 1 is 1.04 bits per heavy atom. The minimum Gasteiger partial charge on any atom is -0.337 e. The first-order valence-electron chi connectivity index (χ1n) is 9.11. The minimum atomic E-state index is -0.0754. The first-order chi connectivity index (χ1) is 13.0. The van der Waals surface area contributed by atoms with Gasteiger partial charge in [-0.05, 0) is 35.4 Å². The van der Waals surface area contributed by atoms with Crippen LogP contribution in [0.2, 0.25) is 5.02 Å². The molecule has 0 saturated carbocycles. The lowest BCUT2D eigenvalue weighted by Crippen LogP contribution is -2.32. The summed E-state index contributed by atoms with van der Waals surface area (Å²) >= 11 is 6.05. The van der Waals surface area contributed by atoms with Crippen molar-refractivity contribution in [3.63, 3.8) is 0 Å². The minimum absolute atomic E-state index is 0.0754. The normalized spacial score (nSPS) is 15.5. The van der Waals surface area contributed by atoms with Crippen molar-refractivity contribution in [2.45, 2.75) is 26.4 Å². The third-order valence-electron chi connectivity index (χ3n) is 4.62. The smallest absolute Gasteiger partial charge is 0.224 e. The quantitative estimate of drug-likeness (QED) is 0.856. The van der Waals surface area contributed by atoms with Gasteiger partial charge in [0, 0.05) is 56.8 Å². The summed E-state index contributed by atoms with van der Waals surface area (Å²) in [5.41, 5.74) is 3.02. The summed E-state index contributed by atoms with van der Waals surface area (Å²) in [4.78, 5) is 27.8. The van der Waals surface area contributed by atoms with Gasteiger partial charge in [0.15, 0.2) is 0 Å². The van der Waals surface area contributed by atoms with Crippen LogP contribution in [0.5, 0.6) is 0 Å². The highest BCUT2D eigenvalue weighted by Gasteiger charge is 2.21. The molecular formula is C21H24ClN3O2. The summed E-state index contributed by atoms with van der Waals surface area (Å²) < 4.78 is 0. The fraction of sp³-hybridized carbons (Fsp3) is 0.333. The second kappa shape index (κ2) is 9.02. The molecule has 1 saturated heterocycles. The van der Waals surface area contributed by atoms with Crippen molar-refractivity contribution in [1.82, 2.24) is 9.80 Å². The number of hydrogen-bond donors (Lipinski definition) is 1. The Morgan fingerprint density at radius 2 is 1.81 bits per heavy atom. The average Bonchev–Trinajstić information content (AvgIpc) is 2.79. The SMILES string of the molecule is CC(=O)Nc1ccc(CN2CCC(=O)N(Cc3cccc(Cl)c3)CC2)cc1. The third-order valence-corrected chi connectivity index (χ3v) is 4.86. The second-order valence-corrected chi connectivity index (χ2v) is 7.29. The van der Waals surface area contributed by atoms with Crippen molar-refractivity contribution in [3.05, 3.63) is 64.7 Å². The fourth-order valence-electron chi connectivity index (χ4n) is 3.25. The number of rotatable bonds is 5. The molecule has 0 radical (unpaired) electrons. The van der Waals surface area contributed by atoms with Gasteiger partial charge in [0.25, 0.3) is 0 Å². The molecule has 1 heterocycles. The van der Waals surface area contributed by atoms with Crippen LogP contribution < -0.4 is 5.32 Å². The zero-order valence-electron chi connectivity index (χ0n) is 15.5. The number of amides is 2. The highest BCUT2D eigenvalue weighted by atomic mass is 35.5. The van der Waals surface area contributed by atoms with E-state index in [1.807, 2.05) is 53.4 Å². The number of anilines is 1. The summed E-state index contributed by atoms with van der Waals surface area (Å²) in [6.45, 7) is 5.17. The lowest BCUT2D eigenvalue weighted by molar-refractivity contribution is -0.131. The largest absolute Gasteiger partial charge is 0.337 e. The van der Waals surface area contributed by atoms with E-state index >= 15 is 0 Å². The maximum absolute atomic E-state index is 12.5. The van der Waals surface area contributed by atoms with Gasteiger partial charge in [-0.15, -0.1) is 0 Å². The van der Waals surface area contributed by atoms with Gasteiger partial charge in [-0.2, -0.15) is 0 Å². The van der Waals surface area contributed by atoms with Gasteiger partial charge in [0.2, 0.25) is 11.8 Å². The van der Waals surface area contributed by atoms with Crippen molar-refractivity contribution in [2.24, 2.45) is 0 Å². The Bertz CT molecular complexity index is 807. The Hall–Kier alpha value is -2.37. The van der Waals surface area contributed by atoms with Crippen LogP contribution in [0.25, 0.3) is 0 Å². The van der Waals surface area contributed by atoms with Gasteiger partial charge in [-0.3, -0.25) is 14.5 Å². The molecule has 1 aliphatic rings. The van der Waals surface area contributed by atoms with E-state index < -0.39 is 0 Å². The van der Waals surface area contributed by atoms with Crippen LogP contribution in [-0.2, 0) is 22.7 Å². The first-order valence-corrected chi connectivity index (χ1v) is 9.48. The highest BCUT2D eigenvalue weighted by Crippen LogP contribution is 2.16. The van der Waals surface area contributed by atoms with E-state index in [0.717, 1.165) is 30.9 Å². The lowest BCUT2D eigenvalue weighted by atomic mass is 10.2. The molecule has 27 heavy (non-hydrogen) atoms. The fourth-order valence-corrected chi connectivity index (χ4v) is 3.46. The molecule has 0 atom stereocenters. The molecule has 0 spiro atoms. The maximum atomic E-state index is 12.5. The summed E-state index contributed by atoms with van der Waals surface area (Å²) in [5, 5.41) is 3.46. The number of hydrogen-bond acceptors (Lipinski definition) is 3. The predicted molar refractivity (Wildman–Crippen MR) is 108 cm³/mol. The summed E-state index contributed by atoms with van der Waals surface area (Å²) in [6.07, 6.45) is 0.518. The highest BCUT2D eigenvalue weighted by molar-refractivity contribution is 6.30. The second-order valence-electron chi connectivity index (χ2n) is 6.85. The van der Waals surface area contributed by atoms with Gasteiger partial charge in [0.1, 0.15) is 0 Å². The maximum Gasteiger partial charge on any atom is 0.224 e. The van der Waals surface area contributed by atoms with E-state index in [4.69, 9.17) is 11.6 Å². The zero-order valence-corrected chi connectivity index (χ0v) is 16.2. The van der Waals surface area contributed by atoms with Crippen molar-refractivity contribution >= 4 is 29.1 Å². The lowest BCUT2D eigenvalue weighted by Gasteiger charge is -2.22. The number of nitrogens with zero attached hydrogens (tertiary/aromatic N) is 2. The molecule has 5 nitrogen and oxygen atoms in total. The van der Waals surface area contributed by atoms with Gasteiger partial charge < -0.3 is 10.2 Å². The van der Waals surface area contributed by atoms with Crippen LogP contribution in [0.4, 0.5) is 5.69 Å². The molecule has 6 heteroatoms. The van der Waals surface area contributed by atoms with Crippen molar-refractivity contribution in [2.75, 3.05) is 25.0 Å². The molecule has 1 N–H and O–H groups in total. The van der Waals surface area contributed by atoms with Crippen LogP contribution in [0.1, 0.15) is 24.5 Å². The molecule has 2 aromatic carbocycles. The van der Waals surface area contributed by atoms with Gasteiger partial charge in [-0.25, -0.2) is 0 Å². The number of benzene rings is 2. The van der Waals surface area contributed by atoms with Gasteiger partial charge in [-0.1, -0.05) is 35.9 Å². The van der Waals surface area contributed by atoms with E-state index in [0.29, 0.717) is 24.5 Å². The van der Waals surface area contributed by atoms with Crippen molar-refractivity contribution < 1.29 is 9.59 Å². The van der Waals surface area contributed by atoms with Crippen LogP contribution in [0, 0.1) is 0 Å². The molecule has 0 aromatic heterocycles. The van der Waals surface area contributed by atoms with Crippen LogP contribution in [-0.4, -0.2) is 41.2 Å². The molecule has 0 unspecified atom stereocenters. The number of carbonyl (C=O) groups excluding carboxylic acids is 2. The monoisotopic (exact) mass is 385 g/mol. The molecule has 1 aliphatic heterocycles. The third kappa shape index (κ3) is 5.81. The Balaban J connectivity index is 1.57. The molecule has 2 amide bonds. The van der Waals surface area contributed by atoms with Gasteiger partial charge >= 0.3 is 0 Å². The Labute approximate surface area is 164 Å². The number of nitrogens with one attached hydrogen (secondary N) is 1. The van der Waals surface area contributed by atoms with E-state index in [-0.39, 0.29) is 11.8 Å². The Kier molecular flexibility index (Phi) is 6.48. The van der Waals surface area contributed by atoms with Crippen molar-refractivity contribution in [1.29, 1.82) is 0 Å². The topological polar surface area (TPSA) is 52.7 Å². The van der Waals surface area contributed by atoms with Gasteiger partial charge in [0.05, 0.1) is 0 Å². The van der Waals surface area contributed by atoms with Crippen molar-refractivity contribution in [3.8, 4) is 0 Å². The molecule has 3 rings (SSSR count). The average molecular weight is 386 g/mol. The molecular weight excluding hydrogens is 362 g/mol. The molecule has 0 aliphatic carbocycles. The summed E-state index contributed by atoms with van der Waals surface area (Å²) in [7, 11) is 0. The standard InChI is InChI=1S/C21H24ClN3O2/c1-16(26)23-20-7-5-17(6-8-20)14-24-10-9-21(27)25(12-11-24)15-18-3-2-4-19(22)13-18/h2-8,13H,9-12,14-15H2,1H3,(H,23,26). The van der Waals surface area contributed by atoms with Crippen LogP contribution in [0.15, 0.2) is 48.5 Å². The number of carbonyl (C=O) groups is 2. The summed E-state index contributed by atoms with van der Waals surface area (Å²) in [5.74, 6) is 0.104. The predicted octanol–water partition coefficient (Wildman–Crippen LogP) is 3.53. The first kappa shape index (κ1) is 19.4. The van der Waals surface area contributed by atoms with Crippen LogP contribution >= 0.6 is 11.6 Å². The van der Waals surface area contributed by atoms with E-state index in [9.17, 15) is 9.59 Å². The zero-order chi connectivity index (χ0) is 19.2. The molecule has 2 aromatic rings. The van der Waals surface area contributed by atoms with Crippen LogP contribution in [0.3, 0.4) is 0 Å². The Morgan fingerprint density at radius 3 is 2.52 bits per heavy atom. The molecule has 142 valence electrons. The summed E-state index contributed by atoms with van der Waals surface area (Å²) in [6, 6.07) is 15.5. The molecule has 1 fully saturated rings. The van der Waals surface area contributed by atoms with E-state index in [2.05, 4.69) is 10.2 Å². The van der Waals surface area contributed by atoms with E-state index in [1.165, 1.54) is 12.5 Å². The molecule has 0 bridgehead atoms. The number of halogens is 1. The van der Waals surface area contributed by atoms with E-state index in [1.54, 1.807) is 0 Å².